The van der Waals surface area contributed by atoms with Gasteiger partial charge < -0.3 is 10.6 Å². The van der Waals surface area contributed by atoms with Crippen molar-refractivity contribution in [2.24, 2.45) is 0 Å². The highest BCUT2D eigenvalue weighted by molar-refractivity contribution is 7.15. The number of nitrogens with one attached hydrogen (secondary N) is 2. The normalized spacial score (nSPS) is 10.9. The lowest BCUT2D eigenvalue weighted by atomic mass is 10.2. The van der Waals surface area contributed by atoms with E-state index in [0.717, 1.165) is 16.6 Å². The van der Waals surface area contributed by atoms with Crippen LogP contribution in [0.5, 0.6) is 0 Å². The lowest BCUT2D eigenvalue weighted by Crippen LogP contribution is -2.14. The summed E-state index contributed by atoms with van der Waals surface area (Å²) in [4.78, 5) is 27.6. The Labute approximate surface area is 151 Å². The molecule has 1 amide bonds. The van der Waals surface area contributed by atoms with Gasteiger partial charge in [-0.25, -0.2) is 4.98 Å². The van der Waals surface area contributed by atoms with Crippen LogP contribution in [0.3, 0.4) is 0 Å². The number of hydrogen-bond donors (Lipinski definition) is 2. The molecular formula is C15H12ClN5O3S. The van der Waals surface area contributed by atoms with Crippen LogP contribution in [0, 0.1) is 35.3 Å². The molecule has 1 aromatic carbocycles. The number of carbonyl (C=O) groups excluding carboxylic acids is 1. The fourth-order valence-corrected chi connectivity index (χ4v) is 2.72. The number of thiazole rings is 1. The van der Waals surface area contributed by atoms with Crippen LogP contribution >= 0.6 is 22.9 Å². The minimum absolute atomic E-state index is 0.0461. The Bertz CT molecular complexity index is 897. The standard InChI is InChI=1S/C15H12ClN5O3S/c1-8-9(2)25-15(19-8)18-7-10(6-17)14(22)20-11-3-4-12(16)13(5-11)21(23)24/h3-5,7H,1-2H3,(H,18,19)(H,20,22)/b10-7-. The molecule has 0 atom stereocenters. The molecule has 25 heavy (non-hydrogen) atoms. The summed E-state index contributed by atoms with van der Waals surface area (Å²) in [6, 6.07) is 5.59. The maximum absolute atomic E-state index is 12.1. The molecule has 0 aliphatic heterocycles. The molecular weight excluding hydrogens is 366 g/mol. The van der Waals surface area contributed by atoms with Crippen LogP contribution in [-0.2, 0) is 4.79 Å². The lowest BCUT2D eigenvalue weighted by Gasteiger charge is -2.05. The molecule has 1 aromatic heterocycles. The van der Waals surface area contributed by atoms with Gasteiger partial charge in [-0.3, -0.25) is 14.9 Å². The molecule has 0 bridgehead atoms. The summed E-state index contributed by atoms with van der Waals surface area (Å²) in [5.41, 5.74) is 0.470. The number of carbonyl (C=O) groups is 1. The second-order valence-electron chi connectivity index (χ2n) is 4.85. The summed E-state index contributed by atoms with van der Waals surface area (Å²) in [5, 5.41) is 25.7. The van der Waals surface area contributed by atoms with Gasteiger partial charge in [-0.15, -0.1) is 11.3 Å². The van der Waals surface area contributed by atoms with Crippen LogP contribution in [0.15, 0.2) is 30.0 Å². The summed E-state index contributed by atoms with van der Waals surface area (Å²) in [6.45, 7) is 3.76. The van der Waals surface area contributed by atoms with E-state index >= 15 is 0 Å². The highest BCUT2D eigenvalue weighted by atomic mass is 35.5. The van der Waals surface area contributed by atoms with Gasteiger partial charge in [0.2, 0.25) is 0 Å². The van der Waals surface area contributed by atoms with Crippen molar-refractivity contribution in [3.63, 3.8) is 0 Å². The molecule has 0 saturated heterocycles. The fraction of sp³-hybridized carbons (Fsp3) is 0.133. The number of nitro benzene ring substituents is 1. The third kappa shape index (κ3) is 4.53. The summed E-state index contributed by atoms with van der Waals surface area (Å²) in [7, 11) is 0. The van der Waals surface area contributed by atoms with E-state index in [2.05, 4.69) is 15.6 Å². The van der Waals surface area contributed by atoms with E-state index in [1.54, 1.807) is 6.07 Å². The molecule has 2 N–H and O–H groups in total. The second-order valence-corrected chi connectivity index (χ2v) is 6.46. The minimum atomic E-state index is -0.711. The molecule has 0 aliphatic carbocycles. The van der Waals surface area contributed by atoms with Gasteiger partial charge in [0.1, 0.15) is 16.7 Å². The maximum Gasteiger partial charge on any atom is 0.289 e. The number of anilines is 2. The molecule has 2 rings (SSSR count). The molecule has 2 aromatic rings. The van der Waals surface area contributed by atoms with Gasteiger partial charge in [0.15, 0.2) is 5.13 Å². The van der Waals surface area contributed by atoms with Gasteiger partial charge in [0.25, 0.3) is 11.6 Å². The van der Waals surface area contributed by atoms with E-state index in [4.69, 9.17) is 16.9 Å². The van der Waals surface area contributed by atoms with Crippen LogP contribution in [0.4, 0.5) is 16.5 Å². The summed E-state index contributed by atoms with van der Waals surface area (Å²) in [6.07, 6.45) is 1.23. The Morgan fingerprint density at radius 2 is 2.20 bits per heavy atom. The van der Waals surface area contributed by atoms with Crippen molar-refractivity contribution in [2.75, 3.05) is 10.6 Å². The number of nitrogens with zero attached hydrogens (tertiary/aromatic N) is 3. The minimum Gasteiger partial charge on any atom is -0.337 e. The van der Waals surface area contributed by atoms with Crippen molar-refractivity contribution >= 4 is 45.4 Å². The molecule has 0 saturated carbocycles. The SMILES string of the molecule is Cc1nc(N/C=C(/C#N)C(=O)Nc2ccc(Cl)c([N+](=O)[O-])c2)sc1C. The second kappa shape index (κ2) is 7.74. The zero-order chi connectivity index (χ0) is 18.6. The first kappa shape index (κ1) is 18.4. The average Bonchev–Trinajstić information content (AvgIpc) is 2.88. The van der Waals surface area contributed by atoms with Crippen molar-refractivity contribution in [3.8, 4) is 6.07 Å². The lowest BCUT2D eigenvalue weighted by molar-refractivity contribution is -0.384. The summed E-state index contributed by atoms with van der Waals surface area (Å²) >= 11 is 7.11. The van der Waals surface area contributed by atoms with Gasteiger partial charge >= 0.3 is 0 Å². The largest absolute Gasteiger partial charge is 0.337 e. The molecule has 0 fully saturated rings. The highest BCUT2D eigenvalue weighted by Gasteiger charge is 2.15. The molecule has 0 aliphatic rings. The summed E-state index contributed by atoms with van der Waals surface area (Å²) in [5.74, 6) is -0.711. The van der Waals surface area contributed by atoms with E-state index in [1.165, 1.54) is 29.7 Å². The van der Waals surface area contributed by atoms with Crippen LogP contribution in [0.25, 0.3) is 0 Å². The molecule has 8 nitrogen and oxygen atoms in total. The Hall–Kier alpha value is -2.96. The Morgan fingerprint density at radius 3 is 2.76 bits per heavy atom. The van der Waals surface area contributed by atoms with Crippen molar-refractivity contribution in [1.29, 1.82) is 5.26 Å². The number of benzene rings is 1. The molecule has 10 heteroatoms. The zero-order valence-corrected chi connectivity index (χ0v) is 14.7. The predicted molar refractivity (Wildman–Crippen MR) is 95.6 cm³/mol. The summed E-state index contributed by atoms with van der Waals surface area (Å²) < 4.78 is 0. The Balaban J connectivity index is 2.15. The highest BCUT2D eigenvalue weighted by Crippen LogP contribution is 2.27. The molecule has 0 unspecified atom stereocenters. The number of hydrogen-bond acceptors (Lipinski definition) is 7. The van der Waals surface area contributed by atoms with Crippen molar-refractivity contribution < 1.29 is 9.72 Å². The monoisotopic (exact) mass is 377 g/mol. The van der Waals surface area contributed by atoms with Crippen LogP contribution in [-0.4, -0.2) is 15.8 Å². The van der Waals surface area contributed by atoms with E-state index in [1.807, 2.05) is 13.8 Å². The Kier molecular flexibility index (Phi) is 5.69. The number of aryl methyl sites for hydroxylation is 2. The third-order valence-electron chi connectivity index (χ3n) is 3.13. The van der Waals surface area contributed by atoms with Crippen molar-refractivity contribution in [3.05, 3.63) is 55.7 Å². The van der Waals surface area contributed by atoms with E-state index in [9.17, 15) is 14.9 Å². The first-order valence-electron chi connectivity index (χ1n) is 6.88. The van der Waals surface area contributed by atoms with Crippen LogP contribution in [0.1, 0.15) is 10.6 Å². The average molecular weight is 378 g/mol. The smallest absolute Gasteiger partial charge is 0.289 e. The Morgan fingerprint density at radius 1 is 1.48 bits per heavy atom. The third-order valence-corrected chi connectivity index (χ3v) is 4.46. The number of aromatic nitrogens is 1. The zero-order valence-electron chi connectivity index (χ0n) is 13.2. The fourth-order valence-electron chi connectivity index (χ4n) is 1.75. The van der Waals surface area contributed by atoms with Gasteiger partial charge in [-0.1, -0.05) is 11.6 Å². The van der Waals surface area contributed by atoms with Gasteiger partial charge in [0.05, 0.1) is 10.6 Å². The first-order valence-corrected chi connectivity index (χ1v) is 8.07. The molecule has 0 spiro atoms. The number of nitriles is 1. The number of rotatable bonds is 5. The van der Waals surface area contributed by atoms with Crippen LogP contribution < -0.4 is 10.6 Å². The van der Waals surface area contributed by atoms with E-state index < -0.39 is 10.8 Å². The topological polar surface area (TPSA) is 121 Å². The molecule has 1 heterocycles. The van der Waals surface area contributed by atoms with Gasteiger partial charge in [-0.05, 0) is 26.0 Å². The molecule has 0 radical (unpaired) electrons. The van der Waals surface area contributed by atoms with E-state index in [-0.39, 0.29) is 22.0 Å². The molecule has 128 valence electrons. The number of halogens is 1. The van der Waals surface area contributed by atoms with Crippen LogP contribution in [0.2, 0.25) is 5.02 Å². The maximum atomic E-state index is 12.1. The number of nitro groups is 1. The first-order chi connectivity index (χ1) is 11.8. The number of amides is 1. The van der Waals surface area contributed by atoms with Crippen molar-refractivity contribution in [1.82, 2.24) is 4.98 Å². The van der Waals surface area contributed by atoms with Gasteiger partial charge in [0, 0.05) is 22.8 Å². The predicted octanol–water partition coefficient (Wildman–Crippen LogP) is 3.78. The quantitative estimate of drug-likeness (QED) is 0.354. The van der Waals surface area contributed by atoms with Gasteiger partial charge in [-0.2, -0.15) is 5.26 Å². The van der Waals surface area contributed by atoms with Crippen molar-refractivity contribution in [2.45, 2.75) is 13.8 Å². The van der Waals surface area contributed by atoms with E-state index in [0.29, 0.717) is 5.13 Å².